The molecule has 2 aromatic heterocycles. The van der Waals surface area contributed by atoms with Gasteiger partial charge in [0.15, 0.2) is 11.4 Å². The lowest BCUT2D eigenvalue weighted by molar-refractivity contribution is -0.136. The number of aromatic nitrogens is 3. The Bertz CT molecular complexity index is 1330. The van der Waals surface area contributed by atoms with Gasteiger partial charge in [0.25, 0.3) is 0 Å². The first-order valence-corrected chi connectivity index (χ1v) is 10.9. The molecule has 1 atom stereocenters. The van der Waals surface area contributed by atoms with Crippen LogP contribution in [0, 0.1) is 6.92 Å². The van der Waals surface area contributed by atoms with Crippen molar-refractivity contribution in [2.75, 3.05) is 6.61 Å². The van der Waals surface area contributed by atoms with E-state index in [1.165, 1.54) is 11.7 Å². The number of pyridine rings is 1. The van der Waals surface area contributed by atoms with Crippen LogP contribution in [0.5, 0.6) is 5.88 Å². The zero-order valence-electron chi connectivity index (χ0n) is 19.1. The monoisotopic (exact) mass is 467 g/mol. The molecular formula is C26H24F3N3O2. The number of carbonyl (C=O) groups is 1. The molecule has 0 fully saturated rings. The fourth-order valence-corrected chi connectivity index (χ4v) is 4.00. The van der Waals surface area contributed by atoms with E-state index in [0.717, 1.165) is 17.2 Å². The first-order valence-electron chi connectivity index (χ1n) is 10.9. The largest absolute Gasteiger partial charge is 0.470 e. The molecule has 4 rings (SSSR count). The van der Waals surface area contributed by atoms with Gasteiger partial charge in [-0.1, -0.05) is 61.5 Å². The summed E-state index contributed by atoms with van der Waals surface area (Å²) in [6, 6.07) is 17.5. The molecule has 0 N–H and O–H groups in total. The number of alkyl halides is 3. The van der Waals surface area contributed by atoms with Crippen molar-refractivity contribution in [1.82, 2.24) is 14.8 Å². The maximum atomic E-state index is 14.1. The lowest BCUT2D eigenvalue weighted by Crippen LogP contribution is -2.15. The topological polar surface area (TPSA) is 57.0 Å². The Morgan fingerprint density at radius 3 is 2.44 bits per heavy atom. The second-order valence-electron chi connectivity index (χ2n) is 8.33. The minimum atomic E-state index is -4.66. The van der Waals surface area contributed by atoms with Crippen LogP contribution in [0.25, 0.3) is 22.3 Å². The third-order valence-electron chi connectivity index (χ3n) is 5.76. The highest BCUT2D eigenvalue weighted by Gasteiger charge is 2.36. The third kappa shape index (κ3) is 4.81. The van der Waals surface area contributed by atoms with E-state index in [1.54, 1.807) is 12.1 Å². The van der Waals surface area contributed by atoms with E-state index in [2.05, 4.69) is 10.1 Å². The Labute approximate surface area is 195 Å². The molecule has 0 saturated heterocycles. The van der Waals surface area contributed by atoms with Gasteiger partial charge in [-0.25, -0.2) is 4.68 Å². The summed E-state index contributed by atoms with van der Waals surface area (Å²) >= 11 is 0. The van der Waals surface area contributed by atoms with Crippen molar-refractivity contribution < 1.29 is 22.7 Å². The number of rotatable bonds is 7. The van der Waals surface area contributed by atoms with Gasteiger partial charge in [-0.15, -0.1) is 0 Å². The number of carbonyl (C=O) groups excluding carboxylic acids is 1. The number of ketones is 1. The fraction of sp³-hybridized carbons (Fsp3) is 0.269. The van der Waals surface area contributed by atoms with E-state index < -0.39 is 11.7 Å². The molecule has 0 aliphatic carbocycles. The van der Waals surface area contributed by atoms with Crippen LogP contribution in [0.2, 0.25) is 0 Å². The summed E-state index contributed by atoms with van der Waals surface area (Å²) in [5.74, 6) is -0.524. The predicted molar refractivity (Wildman–Crippen MR) is 124 cm³/mol. The van der Waals surface area contributed by atoms with E-state index in [9.17, 15) is 18.0 Å². The van der Waals surface area contributed by atoms with Gasteiger partial charge in [-0.3, -0.25) is 4.79 Å². The molecule has 2 aromatic carbocycles. The molecule has 0 spiro atoms. The van der Waals surface area contributed by atoms with Crippen LogP contribution in [0.15, 0.2) is 60.7 Å². The molecule has 5 nitrogen and oxygen atoms in total. The van der Waals surface area contributed by atoms with Crippen LogP contribution in [0.3, 0.4) is 0 Å². The molecular weight excluding hydrogens is 443 g/mol. The second-order valence-corrected chi connectivity index (χ2v) is 8.33. The lowest BCUT2D eigenvalue weighted by Gasteiger charge is -2.13. The summed E-state index contributed by atoms with van der Waals surface area (Å²) in [6.45, 7) is 3.37. The number of nitrogens with zero attached hydrogens (tertiary/aromatic N) is 3. The van der Waals surface area contributed by atoms with Gasteiger partial charge >= 0.3 is 6.18 Å². The highest BCUT2D eigenvalue weighted by Crippen LogP contribution is 2.41. The van der Waals surface area contributed by atoms with Crippen molar-refractivity contribution in [1.29, 1.82) is 0 Å². The average molecular weight is 467 g/mol. The Hall–Kier alpha value is -3.68. The Balaban J connectivity index is 1.64. The number of hydrogen-bond acceptors (Lipinski definition) is 4. The number of ether oxygens (including phenoxy) is 1. The number of benzene rings is 2. The number of Topliss-reactive ketones (excluding diaryl/α,β-unsaturated/α-hetero) is 1. The van der Waals surface area contributed by atoms with Gasteiger partial charge in [0, 0.05) is 25.1 Å². The van der Waals surface area contributed by atoms with Gasteiger partial charge in [0.1, 0.15) is 12.3 Å². The average Bonchev–Trinajstić information content (AvgIpc) is 3.13. The standard InChI is InChI=1S/C26H24F3N3O2/c1-16-9-7-8-12-20(16)24-23-21(26(27,28)29)14-22(30-25(23)32(3)31-24)34-15-19(33)13-17(2)18-10-5-4-6-11-18/h4-12,14,17H,13,15H2,1-3H3/t17-/m1/s1. The van der Waals surface area contributed by atoms with Gasteiger partial charge in [-0.2, -0.15) is 23.3 Å². The second kappa shape index (κ2) is 9.29. The van der Waals surface area contributed by atoms with Crippen molar-refractivity contribution in [2.45, 2.75) is 32.4 Å². The summed E-state index contributed by atoms with van der Waals surface area (Å²) in [6.07, 6.45) is -4.45. The van der Waals surface area contributed by atoms with Crippen LogP contribution in [-0.4, -0.2) is 27.2 Å². The van der Waals surface area contributed by atoms with Crippen LogP contribution in [0.4, 0.5) is 13.2 Å². The summed E-state index contributed by atoms with van der Waals surface area (Å²) < 4.78 is 49.0. The molecule has 0 aliphatic heterocycles. The Morgan fingerprint density at radius 1 is 1.09 bits per heavy atom. The van der Waals surface area contributed by atoms with Crippen molar-refractivity contribution >= 4 is 16.8 Å². The first kappa shape index (κ1) is 23.5. The number of aryl methyl sites for hydroxylation is 2. The van der Waals surface area contributed by atoms with E-state index >= 15 is 0 Å². The minimum Gasteiger partial charge on any atom is -0.470 e. The molecule has 2 heterocycles. The summed E-state index contributed by atoms with van der Waals surface area (Å²) in [5, 5.41) is 4.24. The van der Waals surface area contributed by atoms with E-state index in [0.29, 0.717) is 5.56 Å². The van der Waals surface area contributed by atoms with Gasteiger partial charge in [-0.05, 0) is 24.0 Å². The van der Waals surface area contributed by atoms with E-state index in [-0.39, 0.29) is 47.3 Å². The first-order chi connectivity index (χ1) is 16.1. The maximum Gasteiger partial charge on any atom is 0.417 e. The molecule has 176 valence electrons. The lowest BCUT2D eigenvalue weighted by atomic mass is 9.96. The van der Waals surface area contributed by atoms with Gasteiger partial charge in [0.2, 0.25) is 5.88 Å². The molecule has 4 aromatic rings. The van der Waals surface area contributed by atoms with Crippen LogP contribution in [-0.2, 0) is 18.0 Å². The number of fused-ring (bicyclic) bond motifs is 1. The minimum absolute atomic E-state index is 0.0350. The molecule has 0 bridgehead atoms. The summed E-state index contributed by atoms with van der Waals surface area (Å²) in [7, 11) is 1.54. The van der Waals surface area contributed by atoms with Gasteiger partial charge in [0.05, 0.1) is 10.9 Å². The van der Waals surface area contributed by atoms with Crippen molar-refractivity contribution in [3.63, 3.8) is 0 Å². The van der Waals surface area contributed by atoms with Crippen molar-refractivity contribution in [3.05, 3.63) is 77.4 Å². The molecule has 34 heavy (non-hydrogen) atoms. The van der Waals surface area contributed by atoms with Crippen LogP contribution < -0.4 is 4.74 Å². The highest BCUT2D eigenvalue weighted by molar-refractivity contribution is 5.95. The van der Waals surface area contributed by atoms with Crippen LogP contribution in [0.1, 0.15) is 36.0 Å². The normalized spacial score (nSPS) is 12.6. The molecule has 0 saturated carbocycles. The number of halogens is 3. The quantitative estimate of drug-likeness (QED) is 0.329. The smallest absolute Gasteiger partial charge is 0.417 e. The molecule has 0 radical (unpaired) electrons. The van der Waals surface area contributed by atoms with Crippen molar-refractivity contribution in [3.8, 4) is 17.1 Å². The third-order valence-corrected chi connectivity index (χ3v) is 5.76. The Morgan fingerprint density at radius 2 is 1.76 bits per heavy atom. The van der Waals surface area contributed by atoms with Gasteiger partial charge < -0.3 is 4.74 Å². The Kier molecular flexibility index (Phi) is 6.41. The highest BCUT2D eigenvalue weighted by atomic mass is 19.4. The van der Waals surface area contributed by atoms with E-state index in [4.69, 9.17) is 4.74 Å². The molecule has 0 aliphatic rings. The van der Waals surface area contributed by atoms with Crippen molar-refractivity contribution in [2.24, 2.45) is 7.05 Å². The molecule has 0 amide bonds. The summed E-state index contributed by atoms with van der Waals surface area (Å²) in [4.78, 5) is 16.7. The SMILES string of the molecule is Cc1ccccc1-c1nn(C)c2nc(OCC(=O)C[C@@H](C)c3ccccc3)cc(C(F)(F)F)c12. The number of hydrogen-bond donors (Lipinski definition) is 0. The zero-order chi connectivity index (χ0) is 24.5. The fourth-order valence-electron chi connectivity index (χ4n) is 4.00. The molecule has 8 heteroatoms. The van der Waals surface area contributed by atoms with E-state index in [1.807, 2.05) is 56.3 Å². The predicted octanol–water partition coefficient (Wildman–Crippen LogP) is 6.10. The maximum absolute atomic E-state index is 14.1. The zero-order valence-corrected chi connectivity index (χ0v) is 19.1. The van der Waals surface area contributed by atoms with Crippen LogP contribution >= 0.6 is 0 Å². The summed E-state index contributed by atoms with van der Waals surface area (Å²) in [5.41, 5.74) is 1.74. The molecule has 0 unspecified atom stereocenters.